The minimum atomic E-state index is -0.825. The molecule has 22 heavy (non-hydrogen) atoms. The lowest BCUT2D eigenvalue weighted by Gasteiger charge is -2.23. The van der Waals surface area contributed by atoms with Gasteiger partial charge >= 0.3 is 0 Å². The van der Waals surface area contributed by atoms with Crippen molar-refractivity contribution in [2.75, 3.05) is 6.54 Å². The van der Waals surface area contributed by atoms with Crippen LogP contribution in [0.4, 0.5) is 4.39 Å². The van der Waals surface area contributed by atoms with Gasteiger partial charge in [0.15, 0.2) is 0 Å². The van der Waals surface area contributed by atoms with Gasteiger partial charge in [0.1, 0.15) is 5.82 Å². The average Bonchev–Trinajstić information content (AvgIpc) is 3.12. The molecule has 1 aromatic rings. The molecule has 5 heteroatoms. The third-order valence-corrected chi connectivity index (χ3v) is 5.32. The average molecular weight is 326 g/mol. The van der Waals surface area contributed by atoms with Crippen LogP contribution in [0.2, 0.25) is 5.02 Å². The van der Waals surface area contributed by atoms with Crippen molar-refractivity contribution in [1.82, 2.24) is 5.32 Å². The summed E-state index contributed by atoms with van der Waals surface area (Å²) in [6, 6.07) is 4.44. The number of nitrogens with one attached hydrogen (secondary N) is 1. The van der Waals surface area contributed by atoms with Gasteiger partial charge < -0.3 is 10.4 Å². The molecular formula is C17H21ClFNO2. The van der Waals surface area contributed by atoms with Crippen LogP contribution in [0.5, 0.6) is 0 Å². The Kier molecular flexibility index (Phi) is 4.17. The molecule has 2 saturated carbocycles. The lowest BCUT2D eigenvalue weighted by Crippen LogP contribution is -2.38. The van der Waals surface area contributed by atoms with Crippen LogP contribution in [-0.2, 0) is 10.2 Å². The number of carbonyl (C=O) groups excluding carboxylic acids is 1. The van der Waals surface area contributed by atoms with E-state index in [1.54, 1.807) is 6.07 Å². The summed E-state index contributed by atoms with van der Waals surface area (Å²) >= 11 is 6.14. The number of benzene rings is 1. The van der Waals surface area contributed by atoms with E-state index in [0.717, 1.165) is 31.2 Å². The second-order valence-corrected chi connectivity index (χ2v) is 7.20. The van der Waals surface area contributed by atoms with Gasteiger partial charge in [0, 0.05) is 17.0 Å². The molecule has 0 spiro atoms. The first kappa shape index (κ1) is 15.8. The van der Waals surface area contributed by atoms with Crippen molar-refractivity contribution in [3.05, 3.63) is 34.6 Å². The largest absolute Gasteiger partial charge is 0.389 e. The quantitative estimate of drug-likeness (QED) is 0.872. The van der Waals surface area contributed by atoms with Crippen molar-refractivity contribution in [3.63, 3.8) is 0 Å². The third kappa shape index (κ3) is 3.28. The van der Waals surface area contributed by atoms with Crippen molar-refractivity contribution in [1.29, 1.82) is 0 Å². The monoisotopic (exact) mass is 325 g/mol. The van der Waals surface area contributed by atoms with Gasteiger partial charge in [-0.15, -0.1) is 0 Å². The van der Waals surface area contributed by atoms with Crippen molar-refractivity contribution in [2.24, 2.45) is 0 Å². The van der Waals surface area contributed by atoms with E-state index in [2.05, 4.69) is 5.32 Å². The molecule has 0 heterocycles. The summed E-state index contributed by atoms with van der Waals surface area (Å²) in [5, 5.41) is 13.6. The molecule has 0 saturated heterocycles. The Bertz CT molecular complexity index is 580. The molecule has 120 valence electrons. The van der Waals surface area contributed by atoms with E-state index in [4.69, 9.17) is 11.6 Å². The Morgan fingerprint density at radius 3 is 2.55 bits per heavy atom. The number of aliphatic hydroxyl groups is 1. The van der Waals surface area contributed by atoms with E-state index in [1.165, 1.54) is 12.1 Å². The van der Waals surface area contributed by atoms with E-state index in [-0.39, 0.29) is 23.6 Å². The third-order valence-electron chi connectivity index (χ3n) is 5.00. The first-order valence-electron chi connectivity index (χ1n) is 7.87. The maximum atomic E-state index is 13.2. The minimum Gasteiger partial charge on any atom is -0.389 e. The van der Waals surface area contributed by atoms with E-state index >= 15 is 0 Å². The van der Waals surface area contributed by atoms with Gasteiger partial charge in [0.25, 0.3) is 0 Å². The van der Waals surface area contributed by atoms with E-state index < -0.39 is 5.60 Å². The zero-order chi connectivity index (χ0) is 15.8. The molecule has 2 fully saturated rings. The molecule has 2 aliphatic rings. The second-order valence-electron chi connectivity index (χ2n) is 6.79. The number of halogens is 2. The van der Waals surface area contributed by atoms with Crippen LogP contribution in [0.1, 0.15) is 50.5 Å². The molecule has 0 atom stereocenters. The topological polar surface area (TPSA) is 49.3 Å². The Morgan fingerprint density at radius 2 is 1.95 bits per heavy atom. The molecular weight excluding hydrogens is 305 g/mol. The molecule has 1 aromatic carbocycles. The molecule has 3 rings (SSSR count). The molecule has 1 amide bonds. The summed E-state index contributed by atoms with van der Waals surface area (Å²) in [5.41, 5.74) is -0.0944. The number of amides is 1. The zero-order valence-electron chi connectivity index (χ0n) is 12.5. The van der Waals surface area contributed by atoms with Crippen LogP contribution >= 0.6 is 11.6 Å². The van der Waals surface area contributed by atoms with Crippen molar-refractivity contribution in [2.45, 2.75) is 56.0 Å². The highest BCUT2D eigenvalue weighted by Crippen LogP contribution is 2.50. The lowest BCUT2D eigenvalue weighted by molar-refractivity contribution is -0.126. The SMILES string of the molecule is O=C(CC1(O)CCCC1)NCC1(c2ccc(F)cc2Cl)CC1. The Labute approximate surface area is 134 Å². The first-order chi connectivity index (χ1) is 10.4. The Hall–Kier alpha value is -1.13. The maximum absolute atomic E-state index is 13.2. The lowest BCUT2D eigenvalue weighted by atomic mass is 9.94. The van der Waals surface area contributed by atoms with Crippen molar-refractivity contribution in [3.8, 4) is 0 Å². The van der Waals surface area contributed by atoms with Crippen LogP contribution in [0.3, 0.4) is 0 Å². The second kappa shape index (κ2) is 5.82. The highest BCUT2D eigenvalue weighted by atomic mass is 35.5. The molecule has 0 aromatic heterocycles. The smallest absolute Gasteiger partial charge is 0.222 e. The standard InChI is InChI=1S/C17H21ClFNO2/c18-14-9-12(19)3-4-13(14)16(7-8-16)11-20-15(21)10-17(22)5-1-2-6-17/h3-4,9,22H,1-2,5-8,10-11H2,(H,20,21). The van der Waals surface area contributed by atoms with Gasteiger partial charge in [-0.25, -0.2) is 4.39 Å². The Morgan fingerprint density at radius 1 is 1.27 bits per heavy atom. The summed E-state index contributed by atoms with van der Waals surface area (Å²) in [5.74, 6) is -0.467. The van der Waals surface area contributed by atoms with Gasteiger partial charge in [0.05, 0.1) is 12.0 Å². The number of hydrogen-bond donors (Lipinski definition) is 2. The molecule has 0 unspecified atom stereocenters. The molecule has 0 bridgehead atoms. The Balaban J connectivity index is 1.60. The first-order valence-corrected chi connectivity index (χ1v) is 8.25. The minimum absolute atomic E-state index is 0.117. The summed E-state index contributed by atoms with van der Waals surface area (Å²) in [6.07, 6.45) is 5.41. The summed E-state index contributed by atoms with van der Waals surface area (Å²) in [6.45, 7) is 0.493. The fourth-order valence-electron chi connectivity index (χ4n) is 3.45. The molecule has 2 N–H and O–H groups in total. The summed E-state index contributed by atoms with van der Waals surface area (Å²) in [4.78, 5) is 12.1. The van der Waals surface area contributed by atoms with Crippen LogP contribution in [-0.4, -0.2) is 23.2 Å². The number of carbonyl (C=O) groups is 1. The van der Waals surface area contributed by atoms with E-state index in [1.807, 2.05) is 0 Å². The zero-order valence-corrected chi connectivity index (χ0v) is 13.3. The van der Waals surface area contributed by atoms with Crippen LogP contribution < -0.4 is 5.32 Å². The van der Waals surface area contributed by atoms with E-state index in [9.17, 15) is 14.3 Å². The summed E-state index contributed by atoms with van der Waals surface area (Å²) in [7, 11) is 0. The fraction of sp³-hybridized carbons (Fsp3) is 0.588. The molecule has 0 radical (unpaired) electrons. The van der Waals surface area contributed by atoms with Crippen LogP contribution in [0.15, 0.2) is 18.2 Å². The van der Waals surface area contributed by atoms with Crippen LogP contribution in [0.25, 0.3) is 0 Å². The molecule has 0 aliphatic heterocycles. The van der Waals surface area contributed by atoms with Crippen molar-refractivity contribution >= 4 is 17.5 Å². The normalized spacial score (nSPS) is 21.6. The van der Waals surface area contributed by atoms with E-state index in [0.29, 0.717) is 24.4 Å². The van der Waals surface area contributed by atoms with Gasteiger partial charge in [0.2, 0.25) is 5.91 Å². The fourth-order valence-corrected chi connectivity index (χ4v) is 3.82. The van der Waals surface area contributed by atoms with Gasteiger partial charge in [-0.2, -0.15) is 0 Å². The molecule has 2 aliphatic carbocycles. The van der Waals surface area contributed by atoms with Gasteiger partial charge in [-0.3, -0.25) is 4.79 Å². The predicted molar refractivity (Wildman–Crippen MR) is 83.4 cm³/mol. The number of hydrogen-bond acceptors (Lipinski definition) is 2. The maximum Gasteiger partial charge on any atom is 0.222 e. The highest BCUT2D eigenvalue weighted by molar-refractivity contribution is 6.31. The molecule has 3 nitrogen and oxygen atoms in total. The van der Waals surface area contributed by atoms with Crippen LogP contribution in [0, 0.1) is 5.82 Å². The number of rotatable bonds is 5. The predicted octanol–water partition coefficient (Wildman–Crippen LogP) is 3.32. The van der Waals surface area contributed by atoms with Gasteiger partial charge in [-0.05, 0) is 43.4 Å². The van der Waals surface area contributed by atoms with Gasteiger partial charge in [-0.1, -0.05) is 30.5 Å². The highest BCUT2D eigenvalue weighted by Gasteiger charge is 2.46. The summed E-state index contributed by atoms with van der Waals surface area (Å²) < 4.78 is 13.2. The van der Waals surface area contributed by atoms with Crippen molar-refractivity contribution < 1.29 is 14.3 Å².